The highest BCUT2D eigenvalue weighted by Crippen LogP contribution is 2.23. The van der Waals surface area contributed by atoms with Crippen LogP contribution in [0, 0.1) is 0 Å². The summed E-state index contributed by atoms with van der Waals surface area (Å²) in [5.41, 5.74) is 1.72. The lowest BCUT2D eigenvalue weighted by Gasteiger charge is -2.18. The molecule has 2 aromatic carbocycles. The molecule has 0 spiro atoms. The van der Waals surface area contributed by atoms with E-state index in [1.165, 1.54) is 24.4 Å². The number of aliphatic hydroxyl groups is 1. The highest BCUT2D eigenvalue weighted by atomic mass is 16.4. The number of rotatable bonds is 7. The number of nitrogens with two attached hydrogens (primary N) is 1. The number of aliphatic hydroxyl groups excluding tert-OH is 1. The Kier molecular flexibility index (Phi) is 5.70. The van der Waals surface area contributed by atoms with Gasteiger partial charge in [0.2, 0.25) is 0 Å². The van der Waals surface area contributed by atoms with E-state index in [0.29, 0.717) is 11.3 Å². The molecular formula is C17H17N3O5. The van der Waals surface area contributed by atoms with E-state index in [2.05, 4.69) is 10.4 Å². The van der Waals surface area contributed by atoms with Gasteiger partial charge in [-0.1, -0.05) is 18.2 Å². The van der Waals surface area contributed by atoms with Gasteiger partial charge in [0.15, 0.2) is 6.04 Å². The van der Waals surface area contributed by atoms with E-state index in [1.54, 1.807) is 24.3 Å². The van der Waals surface area contributed by atoms with Gasteiger partial charge in [0.25, 0.3) is 0 Å². The van der Waals surface area contributed by atoms with Crippen LogP contribution >= 0.6 is 0 Å². The van der Waals surface area contributed by atoms with Crippen LogP contribution in [0.3, 0.4) is 0 Å². The standard InChI is InChI=1S/C17H17N3O5/c18-19-8-10-1-3-14(4-2-10)20-15(17(24)25)12-5-11(9-21)6-13(7-12)16(22)23/h1-8,15,20-21H,9,18H2,(H,22,23)(H,24,25). The maximum atomic E-state index is 11.6. The molecule has 130 valence electrons. The number of hydrogen-bond donors (Lipinski definition) is 5. The van der Waals surface area contributed by atoms with Crippen molar-refractivity contribution in [3.05, 3.63) is 64.7 Å². The van der Waals surface area contributed by atoms with Gasteiger partial charge in [0.05, 0.1) is 18.4 Å². The fourth-order valence-corrected chi connectivity index (χ4v) is 2.31. The van der Waals surface area contributed by atoms with Crippen LogP contribution < -0.4 is 11.2 Å². The molecule has 0 heterocycles. The lowest BCUT2D eigenvalue weighted by molar-refractivity contribution is -0.138. The van der Waals surface area contributed by atoms with Crippen molar-refractivity contribution in [1.82, 2.24) is 0 Å². The van der Waals surface area contributed by atoms with E-state index in [0.717, 1.165) is 5.56 Å². The van der Waals surface area contributed by atoms with Gasteiger partial charge < -0.3 is 26.5 Å². The molecule has 0 amide bonds. The van der Waals surface area contributed by atoms with Crippen LogP contribution in [0.4, 0.5) is 5.69 Å². The molecule has 25 heavy (non-hydrogen) atoms. The van der Waals surface area contributed by atoms with Gasteiger partial charge in [0, 0.05) is 5.69 Å². The lowest BCUT2D eigenvalue weighted by atomic mass is 10.00. The van der Waals surface area contributed by atoms with Gasteiger partial charge in [-0.2, -0.15) is 5.10 Å². The molecule has 0 saturated heterocycles. The number of carboxylic acid groups (broad SMARTS) is 2. The average molecular weight is 343 g/mol. The number of nitrogens with zero attached hydrogens (tertiary/aromatic N) is 1. The third-order valence-electron chi connectivity index (χ3n) is 3.47. The monoisotopic (exact) mass is 343 g/mol. The first kappa shape index (κ1) is 18.0. The number of aliphatic carboxylic acids is 1. The molecule has 2 aromatic rings. The first-order valence-electron chi connectivity index (χ1n) is 7.25. The normalized spacial score (nSPS) is 12.0. The quantitative estimate of drug-likeness (QED) is 0.290. The van der Waals surface area contributed by atoms with Crippen molar-refractivity contribution in [2.45, 2.75) is 12.6 Å². The Hall–Kier alpha value is -3.39. The molecule has 0 radical (unpaired) electrons. The molecule has 0 fully saturated rings. The predicted octanol–water partition coefficient (Wildman–Crippen LogP) is 1.41. The summed E-state index contributed by atoms with van der Waals surface area (Å²) in [6.45, 7) is -0.395. The minimum absolute atomic E-state index is 0.0934. The summed E-state index contributed by atoms with van der Waals surface area (Å²) in [4.78, 5) is 22.8. The maximum absolute atomic E-state index is 11.6. The molecule has 2 rings (SSSR count). The molecule has 0 aliphatic heterocycles. The maximum Gasteiger partial charge on any atom is 0.335 e. The topological polar surface area (TPSA) is 145 Å². The Balaban J connectivity index is 2.36. The Bertz CT molecular complexity index is 802. The second-order valence-corrected chi connectivity index (χ2v) is 5.24. The van der Waals surface area contributed by atoms with E-state index in [9.17, 15) is 19.8 Å². The number of benzene rings is 2. The van der Waals surface area contributed by atoms with Crippen molar-refractivity contribution < 1.29 is 24.9 Å². The predicted molar refractivity (Wildman–Crippen MR) is 91.5 cm³/mol. The second-order valence-electron chi connectivity index (χ2n) is 5.24. The fraction of sp³-hybridized carbons (Fsp3) is 0.118. The molecule has 8 heteroatoms. The Morgan fingerprint density at radius 3 is 2.36 bits per heavy atom. The van der Waals surface area contributed by atoms with Crippen LogP contribution in [0.2, 0.25) is 0 Å². The van der Waals surface area contributed by atoms with Crippen LogP contribution in [-0.4, -0.2) is 33.5 Å². The molecular weight excluding hydrogens is 326 g/mol. The lowest BCUT2D eigenvalue weighted by Crippen LogP contribution is -2.21. The van der Waals surface area contributed by atoms with Gasteiger partial charge in [-0.25, -0.2) is 9.59 Å². The minimum atomic E-state index is -1.20. The number of anilines is 1. The Morgan fingerprint density at radius 1 is 1.16 bits per heavy atom. The molecule has 0 aliphatic rings. The van der Waals surface area contributed by atoms with Crippen molar-refractivity contribution in [1.29, 1.82) is 0 Å². The molecule has 0 saturated carbocycles. The zero-order valence-corrected chi connectivity index (χ0v) is 13.1. The third-order valence-corrected chi connectivity index (χ3v) is 3.47. The first-order chi connectivity index (χ1) is 11.9. The van der Waals surface area contributed by atoms with Crippen molar-refractivity contribution in [3.8, 4) is 0 Å². The number of hydrogen-bond acceptors (Lipinski definition) is 6. The highest BCUT2D eigenvalue weighted by molar-refractivity contribution is 5.89. The molecule has 0 aromatic heterocycles. The Labute approximate surface area is 143 Å². The summed E-state index contributed by atoms with van der Waals surface area (Å²) < 4.78 is 0. The van der Waals surface area contributed by atoms with Crippen molar-refractivity contribution in [2.24, 2.45) is 10.9 Å². The van der Waals surface area contributed by atoms with Gasteiger partial charge in [-0.05, 0) is 41.0 Å². The third kappa shape index (κ3) is 4.55. The molecule has 1 atom stereocenters. The summed E-state index contributed by atoms with van der Waals surface area (Å²) in [5.74, 6) is 2.68. The largest absolute Gasteiger partial charge is 0.479 e. The summed E-state index contributed by atoms with van der Waals surface area (Å²) in [5, 5.41) is 34.2. The van der Waals surface area contributed by atoms with Gasteiger partial charge in [-0.3, -0.25) is 0 Å². The fourth-order valence-electron chi connectivity index (χ4n) is 2.31. The number of carboxylic acids is 2. The van der Waals surface area contributed by atoms with Gasteiger partial charge in [-0.15, -0.1) is 0 Å². The zero-order chi connectivity index (χ0) is 18.4. The van der Waals surface area contributed by atoms with Crippen LogP contribution in [-0.2, 0) is 11.4 Å². The summed E-state index contributed by atoms with van der Waals surface area (Å²) in [6.07, 6.45) is 1.45. The zero-order valence-electron chi connectivity index (χ0n) is 13.1. The summed E-state index contributed by atoms with van der Waals surface area (Å²) in [6, 6.07) is 9.54. The number of nitrogens with one attached hydrogen (secondary N) is 1. The molecule has 0 bridgehead atoms. The van der Waals surface area contributed by atoms with E-state index in [1.807, 2.05) is 0 Å². The number of carbonyl (C=O) groups is 2. The summed E-state index contributed by atoms with van der Waals surface area (Å²) in [7, 11) is 0. The van der Waals surface area contributed by atoms with E-state index >= 15 is 0 Å². The minimum Gasteiger partial charge on any atom is -0.479 e. The highest BCUT2D eigenvalue weighted by Gasteiger charge is 2.22. The van der Waals surface area contributed by atoms with Crippen LogP contribution in [0.25, 0.3) is 0 Å². The van der Waals surface area contributed by atoms with Crippen molar-refractivity contribution in [3.63, 3.8) is 0 Å². The number of hydrazone groups is 1. The summed E-state index contributed by atoms with van der Waals surface area (Å²) >= 11 is 0. The van der Waals surface area contributed by atoms with E-state index in [4.69, 9.17) is 10.9 Å². The molecule has 1 unspecified atom stereocenters. The van der Waals surface area contributed by atoms with Gasteiger partial charge in [0.1, 0.15) is 0 Å². The van der Waals surface area contributed by atoms with Crippen LogP contribution in [0.1, 0.15) is 33.1 Å². The first-order valence-corrected chi connectivity index (χ1v) is 7.25. The van der Waals surface area contributed by atoms with Crippen molar-refractivity contribution in [2.75, 3.05) is 5.32 Å². The smallest absolute Gasteiger partial charge is 0.335 e. The average Bonchev–Trinajstić information content (AvgIpc) is 2.60. The Morgan fingerprint density at radius 2 is 1.84 bits per heavy atom. The van der Waals surface area contributed by atoms with Crippen LogP contribution in [0.15, 0.2) is 47.6 Å². The molecule has 0 aliphatic carbocycles. The van der Waals surface area contributed by atoms with E-state index < -0.39 is 24.6 Å². The molecule has 6 N–H and O–H groups in total. The van der Waals surface area contributed by atoms with Crippen LogP contribution in [0.5, 0.6) is 0 Å². The van der Waals surface area contributed by atoms with Crippen molar-refractivity contribution >= 4 is 23.8 Å². The SMILES string of the molecule is NN=Cc1ccc(NC(C(=O)O)c2cc(CO)cc(C(=O)O)c2)cc1. The van der Waals surface area contributed by atoms with E-state index in [-0.39, 0.29) is 11.1 Å². The number of aromatic carboxylic acids is 1. The van der Waals surface area contributed by atoms with Gasteiger partial charge >= 0.3 is 11.9 Å². The second kappa shape index (κ2) is 7.93. The molecule has 8 nitrogen and oxygen atoms in total.